The van der Waals surface area contributed by atoms with Gasteiger partial charge in [0, 0.05) is 25.9 Å². The monoisotopic (exact) mass is 171 g/mol. The lowest BCUT2D eigenvalue weighted by Gasteiger charge is -2.33. The molecule has 2 rings (SSSR count). The lowest BCUT2D eigenvalue weighted by molar-refractivity contribution is -0.195. The van der Waals surface area contributed by atoms with Gasteiger partial charge in [0.2, 0.25) is 0 Å². The molecule has 3 heteroatoms. The van der Waals surface area contributed by atoms with Gasteiger partial charge in [-0.1, -0.05) is 0 Å². The summed E-state index contributed by atoms with van der Waals surface area (Å²) in [6, 6.07) is 0. The average molecular weight is 171 g/mol. The van der Waals surface area contributed by atoms with Gasteiger partial charge < -0.3 is 14.8 Å². The molecule has 3 nitrogen and oxygen atoms in total. The van der Waals surface area contributed by atoms with Crippen LogP contribution < -0.4 is 5.32 Å². The second-order valence-corrected chi connectivity index (χ2v) is 4.31. The van der Waals surface area contributed by atoms with Gasteiger partial charge in [0.15, 0.2) is 5.79 Å². The normalized spacial score (nSPS) is 32.5. The van der Waals surface area contributed by atoms with Crippen LogP contribution in [0.2, 0.25) is 0 Å². The molecule has 0 aromatic rings. The van der Waals surface area contributed by atoms with Crippen molar-refractivity contribution in [1.29, 1.82) is 0 Å². The number of piperidine rings is 1. The zero-order valence-corrected chi connectivity index (χ0v) is 7.85. The van der Waals surface area contributed by atoms with Crippen molar-refractivity contribution in [3.8, 4) is 0 Å². The highest BCUT2D eigenvalue weighted by Crippen LogP contribution is 2.36. The number of rotatable bonds is 0. The van der Waals surface area contributed by atoms with E-state index < -0.39 is 0 Å². The lowest BCUT2D eigenvalue weighted by atomic mass is 10.1. The molecule has 1 N–H and O–H groups in total. The maximum Gasteiger partial charge on any atom is 0.171 e. The van der Waals surface area contributed by atoms with Gasteiger partial charge in [0.1, 0.15) is 0 Å². The molecule has 2 heterocycles. The summed E-state index contributed by atoms with van der Waals surface area (Å²) in [5, 5.41) is 3.30. The molecule has 0 atom stereocenters. The van der Waals surface area contributed by atoms with Gasteiger partial charge in [0.25, 0.3) is 0 Å². The van der Waals surface area contributed by atoms with Gasteiger partial charge >= 0.3 is 0 Å². The molecule has 2 aliphatic rings. The van der Waals surface area contributed by atoms with Crippen LogP contribution in [0.4, 0.5) is 0 Å². The number of ether oxygens (including phenoxy) is 2. The predicted octanol–water partition coefficient (Wildman–Crippen LogP) is 0.891. The lowest BCUT2D eigenvalue weighted by Crippen LogP contribution is -2.43. The third kappa shape index (κ3) is 1.49. The van der Waals surface area contributed by atoms with Gasteiger partial charge in [-0.05, 0) is 13.8 Å². The van der Waals surface area contributed by atoms with Crippen molar-refractivity contribution in [2.24, 2.45) is 0 Å². The summed E-state index contributed by atoms with van der Waals surface area (Å²) in [5.74, 6) is -0.255. The maximum atomic E-state index is 5.92. The molecule has 2 fully saturated rings. The van der Waals surface area contributed by atoms with Gasteiger partial charge in [-0.25, -0.2) is 0 Å². The van der Waals surface area contributed by atoms with Crippen LogP contribution in [0.1, 0.15) is 26.7 Å². The SMILES string of the molecule is CC1(C)COC2(CCNCC2)O1. The zero-order chi connectivity index (χ0) is 8.66. The summed E-state index contributed by atoms with van der Waals surface area (Å²) in [5.41, 5.74) is -0.0860. The Bertz CT molecular complexity index is 173. The molecule has 2 aliphatic heterocycles. The molecule has 0 radical (unpaired) electrons. The summed E-state index contributed by atoms with van der Waals surface area (Å²) in [4.78, 5) is 0. The van der Waals surface area contributed by atoms with E-state index in [0.29, 0.717) is 0 Å². The standard InChI is InChI=1S/C9H17NO2/c1-8(2)7-11-9(12-8)3-5-10-6-4-9/h10H,3-7H2,1-2H3. The second-order valence-electron chi connectivity index (χ2n) is 4.31. The van der Waals surface area contributed by atoms with Crippen LogP contribution in [-0.4, -0.2) is 31.1 Å². The molecular formula is C9H17NO2. The van der Waals surface area contributed by atoms with Crippen molar-refractivity contribution in [2.75, 3.05) is 19.7 Å². The third-order valence-corrected chi connectivity index (χ3v) is 2.51. The molecule has 0 amide bonds. The summed E-state index contributed by atoms with van der Waals surface area (Å²) in [7, 11) is 0. The first kappa shape index (κ1) is 8.48. The third-order valence-electron chi connectivity index (χ3n) is 2.51. The van der Waals surface area contributed by atoms with E-state index in [-0.39, 0.29) is 11.4 Å². The Balaban J connectivity index is 2.03. The highest BCUT2D eigenvalue weighted by Gasteiger charge is 2.45. The van der Waals surface area contributed by atoms with Gasteiger partial charge in [0.05, 0.1) is 12.2 Å². The first-order valence-electron chi connectivity index (χ1n) is 4.67. The summed E-state index contributed by atoms with van der Waals surface area (Å²) in [6.07, 6.45) is 1.97. The Morgan fingerprint density at radius 2 is 1.83 bits per heavy atom. The second kappa shape index (κ2) is 2.69. The van der Waals surface area contributed by atoms with Gasteiger partial charge in [-0.3, -0.25) is 0 Å². The van der Waals surface area contributed by atoms with Crippen molar-refractivity contribution in [3.05, 3.63) is 0 Å². The smallest absolute Gasteiger partial charge is 0.171 e. The van der Waals surface area contributed by atoms with Crippen molar-refractivity contribution < 1.29 is 9.47 Å². The van der Waals surface area contributed by atoms with Crippen molar-refractivity contribution in [2.45, 2.75) is 38.1 Å². The first-order valence-corrected chi connectivity index (χ1v) is 4.67. The zero-order valence-electron chi connectivity index (χ0n) is 7.85. The minimum Gasteiger partial charge on any atom is -0.347 e. The molecule has 0 bridgehead atoms. The summed E-state index contributed by atoms with van der Waals surface area (Å²) < 4.78 is 11.6. The van der Waals surface area contributed by atoms with Crippen molar-refractivity contribution in [3.63, 3.8) is 0 Å². The fourth-order valence-electron chi connectivity index (χ4n) is 1.92. The van der Waals surface area contributed by atoms with E-state index in [2.05, 4.69) is 19.2 Å². The van der Waals surface area contributed by atoms with Gasteiger partial charge in [-0.2, -0.15) is 0 Å². The van der Waals surface area contributed by atoms with Crippen LogP contribution in [0, 0.1) is 0 Å². The van der Waals surface area contributed by atoms with E-state index in [9.17, 15) is 0 Å². The fraction of sp³-hybridized carbons (Fsp3) is 1.00. The van der Waals surface area contributed by atoms with E-state index in [0.717, 1.165) is 32.5 Å². The van der Waals surface area contributed by atoms with E-state index >= 15 is 0 Å². The van der Waals surface area contributed by atoms with E-state index in [1.165, 1.54) is 0 Å². The Hall–Kier alpha value is -0.120. The Labute approximate surface area is 73.4 Å². The predicted molar refractivity (Wildman–Crippen MR) is 46.0 cm³/mol. The Morgan fingerprint density at radius 1 is 1.17 bits per heavy atom. The van der Waals surface area contributed by atoms with E-state index in [4.69, 9.17) is 9.47 Å². The van der Waals surface area contributed by atoms with Crippen molar-refractivity contribution in [1.82, 2.24) is 5.32 Å². The van der Waals surface area contributed by atoms with Gasteiger partial charge in [-0.15, -0.1) is 0 Å². The van der Waals surface area contributed by atoms with Crippen LogP contribution in [0.15, 0.2) is 0 Å². The number of nitrogens with one attached hydrogen (secondary N) is 1. The molecule has 0 aliphatic carbocycles. The largest absolute Gasteiger partial charge is 0.347 e. The van der Waals surface area contributed by atoms with Crippen LogP contribution in [0.5, 0.6) is 0 Å². The van der Waals surface area contributed by atoms with E-state index in [1.54, 1.807) is 0 Å². The highest BCUT2D eigenvalue weighted by atomic mass is 16.8. The summed E-state index contributed by atoms with van der Waals surface area (Å²) in [6.45, 7) is 6.92. The molecule has 1 spiro atoms. The minimum atomic E-state index is -0.255. The molecule has 12 heavy (non-hydrogen) atoms. The van der Waals surface area contributed by atoms with Crippen LogP contribution in [0.25, 0.3) is 0 Å². The minimum absolute atomic E-state index is 0.0860. The first-order chi connectivity index (χ1) is 5.62. The Morgan fingerprint density at radius 3 is 2.33 bits per heavy atom. The quantitative estimate of drug-likeness (QED) is 0.587. The highest BCUT2D eigenvalue weighted by molar-refractivity contribution is 4.87. The molecular weight excluding hydrogens is 154 g/mol. The van der Waals surface area contributed by atoms with Crippen LogP contribution in [-0.2, 0) is 9.47 Å². The fourth-order valence-corrected chi connectivity index (χ4v) is 1.92. The molecule has 2 saturated heterocycles. The molecule has 70 valence electrons. The topological polar surface area (TPSA) is 30.5 Å². The molecule has 0 saturated carbocycles. The van der Waals surface area contributed by atoms with E-state index in [1.807, 2.05) is 0 Å². The summed E-state index contributed by atoms with van der Waals surface area (Å²) >= 11 is 0. The van der Waals surface area contributed by atoms with Crippen molar-refractivity contribution >= 4 is 0 Å². The maximum absolute atomic E-state index is 5.92. The Kier molecular flexibility index (Phi) is 1.90. The number of hydrogen-bond donors (Lipinski definition) is 1. The number of hydrogen-bond acceptors (Lipinski definition) is 3. The molecule has 0 aromatic carbocycles. The van der Waals surface area contributed by atoms with Crippen LogP contribution in [0.3, 0.4) is 0 Å². The molecule has 0 unspecified atom stereocenters. The molecule has 0 aromatic heterocycles. The van der Waals surface area contributed by atoms with Crippen LogP contribution >= 0.6 is 0 Å². The average Bonchev–Trinajstić information content (AvgIpc) is 2.29.